The van der Waals surface area contributed by atoms with E-state index in [1.807, 2.05) is 36.4 Å². The van der Waals surface area contributed by atoms with E-state index in [0.29, 0.717) is 13.1 Å². The second-order valence-corrected chi connectivity index (χ2v) is 5.70. The van der Waals surface area contributed by atoms with Gasteiger partial charge in [0.2, 0.25) is 0 Å². The minimum Gasteiger partial charge on any atom is -0.390 e. The zero-order chi connectivity index (χ0) is 15.9. The van der Waals surface area contributed by atoms with Crippen molar-refractivity contribution >= 4 is 45.3 Å². The highest BCUT2D eigenvalue weighted by molar-refractivity contribution is 6.18. The van der Waals surface area contributed by atoms with Crippen molar-refractivity contribution in [2.24, 2.45) is 0 Å². The lowest BCUT2D eigenvalue weighted by Crippen LogP contribution is -2.21. The third-order valence-corrected chi connectivity index (χ3v) is 4.05. The summed E-state index contributed by atoms with van der Waals surface area (Å²) >= 11 is 11.2. The van der Waals surface area contributed by atoms with Crippen LogP contribution in [-0.4, -0.2) is 47.3 Å². The maximum absolute atomic E-state index is 9.57. The molecule has 6 heteroatoms. The smallest absolute Gasteiger partial charge is 0.0847 e. The fourth-order valence-electron chi connectivity index (χ4n) is 2.18. The average Bonchev–Trinajstić information content (AvgIpc) is 2.57. The molecule has 2 rings (SSSR count). The van der Waals surface area contributed by atoms with Gasteiger partial charge >= 0.3 is 0 Å². The number of nitrogens with one attached hydrogen (secondary N) is 2. The summed E-state index contributed by atoms with van der Waals surface area (Å²) in [4.78, 5) is 0. The Morgan fingerprint density at radius 1 is 0.773 bits per heavy atom. The van der Waals surface area contributed by atoms with Gasteiger partial charge in [0.05, 0.1) is 24.0 Å². The summed E-state index contributed by atoms with van der Waals surface area (Å²) in [6, 6.07) is 11.8. The number of hydrogen-bond donors (Lipinski definition) is 4. The highest BCUT2D eigenvalue weighted by Gasteiger charge is 2.08. The van der Waals surface area contributed by atoms with Crippen LogP contribution in [0.25, 0.3) is 10.8 Å². The lowest BCUT2D eigenvalue weighted by Gasteiger charge is -2.16. The number of halogens is 2. The highest BCUT2D eigenvalue weighted by atomic mass is 35.5. The summed E-state index contributed by atoms with van der Waals surface area (Å²) in [5, 5.41) is 27.6. The van der Waals surface area contributed by atoms with Gasteiger partial charge in [0, 0.05) is 35.2 Å². The molecule has 2 unspecified atom stereocenters. The van der Waals surface area contributed by atoms with E-state index >= 15 is 0 Å². The van der Waals surface area contributed by atoms with Gasteiger partial charge in [0.1, 0.15) is 0 Å². The molecule has 2 aromatic carbocycles. The van der Waals surface area contributed by atoms with Crippen molar-refractivity contribution < 1.29 is 10.2 Å². The number of benzene rings is 2. The lowest BCUT2D eigenvalue weighted by molar-refractivity contribution is 0.211. The minimum atomic E-state index is -0.586. The van der Waals surface area contributed by atoms with E-state index in [-0.39, 0.29) is 11.8 Å². The standard InChI is InChI=1S/C16H20Cl2N2O2/c17-7-11(21)9-19-15-5-1-3-13-14(15)4-2-6-16(13)20-10-12(22)8-18/h1-6,11-12,19-22H,7-10H2. The third kappa shape index (κ3) is 4.40. The Hall–Kier alpha value is -1.20. The van der Waals surface area contributed by atoms with Crippen molar-refractivity contribution in [3.05, 3.63) is 36.4 Å². The minimum absolute atomic E-state index is 0.195. The van der Waals surface area contributed by atoms with Crippen molar-refractivity contribution in [3.8, 4) is 0 Å². The molecule has 0 heterocycles. The molecule has 2 aromatic rings. The number of alkyl halides is 2. The summed E-state index contributed by atoms with van der Waals surface area (Å²) in [5.74, 6) is 0.391. The summed E-state index contributed by atoms with van der Waals surface area (Å²) < 4.78 is 0. The van der Waals surface area contributed by atoms with Gasteiger partial charge in [-0.1, -0.05) is 24.3 Å². The topological polar surface area (TPSA) is 64.5 Å². The molecule has 0 aliphatic rings. The highest BCUT2D eigenvalue weighted by Crippen LogP contribution is 2.29. The van der Waals surface area contributed by atoms with Gasteiger partial charge in [0.15, 0.2) is 0 Å². The van der Waals surface area contributed by atoms with E-state index < -0.39 is 12.2 Å². The number of aliphatic hydroxyl groups excluding tert-OH is 2. The Balaban J connectivity index is 2.22. The van der Waals surface area contributed by atoms with E-state index in [1.54, 1.807) is 0 Å². The van der Waals surface area contributed by atoms with Crippen LogP contribution in [0, 0.1) is 0 Å². The van der Waals surface area contributed by atoms with E-state index in [9.17, 15) is 10.2 Å². The van der Waals surface area contributed by atoms with Gasteiger partial charge < -0.3 is 20.8 Å². The maximum Gasteiger partial charge on any atom is 0.0847 e. The van der Waals surface area contributed by atoms with Crippen LogP contribution in [0.2, 0.25) is 0 Å². The van der Waals surface area contributed by atoms with Gasteiger partial charge in [-0.15, -0.1) is 23.2 Å². The maximum atomic E-state index is 9.57. The van der Waals surface area contributed by atoms with Crippen molar-refractivity contribution in [1.82, 2.24) is 0 Å². The molecule has 0 aliphatic heterocycles. The molecule has 22 heavy (non-hydrogen) atoms. The monoisotopic (exact) mass is 342 g/mol. The molecule has 0 aromatic heterocycles. The molecule has 4 N–H and O–H groups in total. The molecule has 0 saturated carbocycles. The number of fused-ring (bicyclic) bond motifs is 1. The fraction of sp³-hybridized carbons (Fsp3) is 0.375. The first kappa shape index (κ1) is 17.2. The average molecular weight is 343 g/mol. The summed E-state index contributed by atoms with van der Waals surface area (Å²) in [6.07, 6.45) is -1.17. The van der Waals surface area contributed by atoms with Gasteiger partial charge in [0.25, 0.3) is 0 Å². The Bertz CT molecular complexity index is 556. The number of aliphatic hydroxyl groups is 2. The largest absolute Gasteiger partial charge is 0.390 e. The Labute approximate surface area is 140 Å². The van der Waals surface area contributed by atoms with Crippen LogP contribution >= 0.6 is 23.2 Å². The predicted molar refractivity (Wildman–Crippen MR) is 94.4 cm³/mol. The van der Waals surface area contributed by atoms with E-state index in [2.05, 4.69) is 10.6 Å². The predicted octanol–water partition coefficient (Wildman–Crippen LogP) is 2.86. The molecule has 0 aliphatic carbocycles. The van der Waals surface area contributed by atoms with Crippen LogP contribution in [0.4, 0.5) is 11.4 Å². The molecular weight excluding hydrogens is 323 g/mol. The molecule has 0 spiro atoms. The zero-order valence-corrected chi connectivity index (χ0v) is 13.6. The fourth-order valence-corrected chi connectivity index (χ4v) is 2.40. The molecule has 0 fully saturated rings. The van der Waals surface area contributed by atoms with Crippen LogP contribution in [0.1, 0.15) is 0 Å². The van der Waals surface area contributed by atoms with Crippen LogP contribution in [0.3, 0.4) is 0 Å². The number of rotatable bonds is 8. The van der Waals surface area contributed by atoms with Crippen LogP contribution in [0.5, 0.6) is 0 Å². The Kier molecular flexibility index (Phi) is 6.58. The normalized spacial score (nSPS) is 13.8. The summed E-state index contributed by atoms with van der Waals surface area (Å²) in [6.45, 7) is 0.788. The van der Waals surface area contributed by atoms with Crippen LogP contribution in [-0.2, 0) is 0 Å². The van der Waals surface area contributed by atoms with Crippen molar-refractivity contribution in [2.75, 3.05) is 35.5 Å². The van der Waals surface area contributed by atoms with Gasteiger partial charge in [-0.05, 0) is 12.1 Å². The number of anilines is 2. The lowest BCUT2D eigenvalue weighted by atomic mass is 10.1. The molecule has 0 saturated heterocycles. The summed E-state index contributed by atoms with van der Waals surface area (Å²) in [7, 11) is 0. The molecule has 0 amide bonds. The molecular formula is C16H20Cl2N2O2. The molecule has 0 bridgehead atoms. The molecule has 120 valence electrons. The molecule has 2 atom stereocenters. The van der Waals surface area contributed by atoms with Gasteiger partial charge in [-0.2, -0.15) is 0 Å². The Morgan fingerprint density at radius 3 is 1.55 bits per heavy atom. The van der Waals surface area contributed by atoms with Crippen molar-refractivity contribution in [3.63, 3.8) is 0 Å². The SMILES string of the molecule is OC(CCl)CNc1cccc2c(NCC(O)CCl)cccc12. The second kappa shape index (κ2) is 8.44. The quantitative estimate of drug-likeness (QED) is 0.557. The van der Waals surface area contributed by atoms with Gasteiger partial charge in [-0.25, -0.2) is 0 Å². The van der Waals surface area contributed by atoms with Crippen molar-refractivity contribution in [2.45, 2.75) is 12.2 Å². The summed E-state index contributed by atoms with van der Waals surface area (Å²) in [5.41, 5.74) is 1.87. The van der Waals surface area contributed by atoms with Crippen LogP contribution < -0.4 is 10.6 Å². The van der Waals surface area contributed by atoms with Gasteiger partial charge in [-0.3, -0.25) is 0 Å². The van der Waals surface area contributed by atoms with E-state index in [4.69, 9.17) is 23.2 Å². The second-order valence-electron chi connectivity index (χ2n) is 5.08. The first-order valence-electron chi connectivity index (χ1n) is 7.13. The van der Waals surface area contributed by atoms with E-state index in [1.165, 1.54) is 0 Å². The zero-order valence-electron chi connectivity index (χ0n) is 12.1. The Morgan fingerprint density at radius 2 is 1.18 bits per heavy atom. The number of hydrogen-bond acceptors (Lipinski definition) is 4. The first-order chi connectivity index (χ1) is 10.7. The van der Waals surface area contributed by atoms with E-state index in [0.717, 1.165) is 22.1 Å². The van der Waals surface area contributed by atoms with Crippen molar-refractivity contribution in [1.29, 1.82) is 0 Å². The van der Waals surface area contributed by atoms with Crippen LogP contribution in [0.15, 0.2) is 36.4 Å². The molecule has 0 radical (unpaired) electrons. The first-order valence-corrected chi connectivity index (χ1v) is 8.20. The molecule has 4 nitrogen and oxygen atoms in total. The third-order valence-electron chi connectivity index (χ3n) is 3.33.